The van der Waals surface area contributed by atoms with Gasteiger partial charge in [0.15, 0.2) is 5.78 Å². The Hall–Kier alpha value is -2.83. The summed E-state index contributed by atoms with van der Waals surface area (Å²) in [5, 5.41) is 0.866. The molecule has 152 valence electrons. The van der Waals surface area contributed by atoms with Gasteiger partial charge in [-0.2, -0.15) is 13.2 Å². The fourth-order valence-corrected chi connectivity index (χ4v) is 3.75. The van der Waals surface area contributed by atoms with E-state index in [1.165, 1.54) is 12.1 Å². The molecule has 0 aliphatic heterocycles. The van der Waals surface area contributed by atoms with Gasteiger partial charge >= 0.3 is 6.18 Å². The Labute approximate surface area is 179 Å². The number of hydrogen-bond donors (Lipinski definition) is 1. The number of ketones is 1. The minimum Gasteiger partial charge on any atom is -0.338 e. The summed E-state index contributed by atoms with van der Waals surface area (Å²) >= 11 is 12.5. The molecule has 0 unspecified atom stereocenters. The number of halogens is 5. The molecule has 0 amide bonds. The first-order valence-electron chi connectivity index (χ1n) is 8.86. The first-order chi connectivity index (χ1) is 14.2. The van der Waals surface area contributed by atoms with Crippen LogP contribution in [0.3, 0.4) is 0 Å². The third-order valence-electron chi connectivity index (χ3n) is 4.62. The number of nitrogens with zero attached hydrogens (tertiary/aromatic N) is 1. The molecule has 4 aromatic rings. The average molecular weight is 449 g/mol. The molecule has 0 radical (unpaired) electrons. The number of nitrogens with one attached hydrogen (secondary N) is 1. The molecule has 0 aliphatic rings. The first kappa shape index (κ1) is 20.4. The number of aromatic nitrogens is 2. The topological polar surface area (TPSA) is 45.8 Å². The lowest BCUT2D eigenvalue weighted by Gasteiger charge is -2.08. The van der Waals surface area contributed by atoms with Gasteiger partial charge in [-0.1, -0.05) is 47.5 Å². The summed E-state index contributed by atoms with van der Waals surface area (Å²) in [7, 11) is 0. The number of alkyl halides is 3. The van der Waals surface area contributed by atoms with Gasteiger partial charge in [-0.15, -0.1) is 0 Å². The number of carbonyl (C=O) groups excluding carboxylic acids is 1. The number of hydrogen-bond acceptors (Lipinski definition) is 2. The molecule has 0 spiro atoms. The molecule has 1 heterocycles. The number of aromatic amines is 1. The van der Waals surface area contributed by atoms with E-state index in [9.17, 15) is 18.0 Å². The van der Waals surface area contributed by atoms with E-state index >= 15 is 0 Å². The van der Waals surface area contributed by atoms with E-state index in [-0.39, 0.29) is 12.2 Å². The molecule has 3 aromatic carbocycles. The Bertz CT molecular complexity index is 1240. The smallest absolute Gasteiger partial charge is 0.338 e. The van der Waals surface area contributed by atoms with E-state index in [1.54, 1.807) is 36.4 Å². The van der Waals surface area contributed by atoms with Gasteiger partial charge in [-0.3, -0.25) is 4.79 Å². The SMILES string of the molecule is O=C(Cc1cccc(C(F)(F)F)c1)c1ccc2nc(-c3c(Cl)cccc3Cl)[nH]c2c1. The van der Waals surface area contributed by atoms with Crippen LogP contribution in [-0.2, 0) is 12.6 Å². The average Bonchev–Trinajstić information content (AvgIpc) is 3.10. The Morgan fingerprint density at radius 1 is 0.967 bits per heavy atom. The maximum atomic E-state index is 12.9. The van der Waals surface area contributed by atoms with E-state index in [0.29, 0.717) is 43.6 Å². The lowest BCUT2D eigenvalue weighted by atomic mass is 10.0. The molecule has 0 saturated heterocycles. The lowest BCUT2D eigenvalue weighted by molar-refractivity contribution is -0.137. The second-order valence-electron chi connectivity index (χ2n) is 6.71. The van der Waals surface area contributed by atoms with Crippen LogP contribution in [0.2, 0.25) is 10.0 Å². The van der Waals surface area contributed by atoms with Crippen molar-refractivity contribution in [2.45, 2.75) is 12.6 Å². The standard InChI is InChI=1S/C22H13Cl2F3N2O/c23-15-5-2-6-16(24)20(15)21-28-17-8-7-13(11-18(17)29-21)19(30)10-12-3-1-4-14(9-12)22(25,26)27/h1-9,11H,10H2,(H,28,29). The fraction of sp³-hybridized carbons (Fsp3) is 0.0909. The lowest BCUT2D eigenvalue weighted by Crippen LogP contribution is -2.08. The zero-order valence-electron chi connectivity index (χ0n) is 15.2. The number of H-pyrrole nitrogens is 1. The maximum absolute atomic E-state index is 12.9. The zero-order valence-corrected chi connectivity index (χ0v) is 16.7. The summed E-state index contributed by atoms with van der Waals surface area (Å²) in [5.41, 5.74) is 1.63. The number of imidazole rings is 1. The predicted molar refractivity (Wildman–Crippen MR) is 111 cm³/mol. The number of benzene rings is 3. The molecule has 3 nitrogen and oxygen atoms in total. The molecule has 0 bridgehead atoms. The highest BCUT2D eigenvalue weighted by atomic mass is 35.5. The Morgan fingerprint density at radius 3 is 2.37 bits per heavy atom. The van der Waals surface area contributed by atoms with E-state index < -0.39 is 11.7 Å². The van der Waals surface area contributed by atoms with Crippen molar-refractivity contribution in [1.29, 1.82) is 0 Å². The van der Waals surface area contributed by atoms with Crippen molar-refractivity contribution < 1.29 is 18.0 Å². The van der Waals surface area contributed by atoms with Crippen molar-refractivity contribution in [2.24, 2.45) is 0 Å². The van der Waals surface area contributed by atoms with Crippen LogP contribution in [0.15, 0.2) is 60.7 Å². The van der Waals surface area contributed by atoms with Crippen LogP contribution >= 0.6 is 23.2 Å². The van der Waals surface area contributed by atoms with Crippen LogP contribution in [-0.4, -0.2) is 15.8 Å². The number of Topliss-reactive ketones (excluding diaryl/α,β-unsaturated/α-hetero) is 1. The van der Waals surface area contributed by atoms with E-state index in [0.717, 1.165) is 12.1 Å². The molecule has 30 heavy (non-hydrogen) atoms. The van der Waals surface area contributed by atoms with Gasteiger partial charge in [-0.05, 0) is 42.0 Å². The Kier molecular flexibility index (Phi) is 5.30. The van der Waals surface area contributed by atoms with E-state index in [4.69, 9.17) is 23.2 Å². The van der Waals surface area contributed by atoms with Gasteiger partial charge in [0, 0.05) is 12.0 Å². The van der Waals surface area contributed by atoms with Crippen LogP contribution < -0.4 is 0 Å². The first-order valence-corrected chi connectivity index (χ1v) is 9.61. The maximum Gasteiger partial charge on any atom is 0.416 e. The van der Waals surface area contributed by atoms with Crippen LogP contribution in [0.25, 0.3) is 22.4 Å². The molecule has 8 heteroatoms. The molecular weight excluding hydrogens is 436 g/mol. The summed E-state index contributed by atoms with van der Waals surface area (Å²) < 4.78 is 38.7. The zero-order chi connectivity index (χ0) is 21.5. The highest BCUT2D eigenvalue weighted by Gasteiger charge is 2.30. The van der Waals surface area contributed by atoms with Gasteiger partial charge in [0.25, 0.3) is 0 Å². The summed E-state index contributed by atoms with van der Waals surface area (Å²) in [6, 6.07) is 14.8. The van der Waals surface area contributed by atoms with Crippen molar-refractivity contribution in [2.75, 3.05) is 0 Å². The summed E-state index contributed by atoms with van der Waals surface area (Å²) in [6.07, 6.45) is -4.60. The van der Waals surface area contributed by atoms with Crippen molar-refractivity contribution in [3.05, 3.63) is 87.4 Å². The molecule has 1 aromatic heterocycles. The van der Waals surface area contributed by atoms with E-state index in [1.807, 2.05) is 0 Å². The summed E-state index contributed by atoms with van der Waals surface area (Å²) in [4.78, 5) is 20.2. The highest BCUT2D eigenvalue weighted by molar-refractivity contribution is 6.39. The molecule has 0 saturated carbocycles. The minimum absolute atomic E-state index is 0.146. The van der Waals surface area contributed by atoms with E-state index in [2.05, 4.69) is 9.97 Å². The molecular formula is C22H13Cl2F3N2O. The van der Waals surface area contributed by atoms with Crippen molar-refractivity contribution >= 4 is 40.0 Å². The van der Waals surface area contributed by atoms with Crippen molar-refractivity contribution in [3.63, 3.8) is 0 Å². The minimum atomic E-state index is -4.45. The molecule has 4 rings (SSSR count). The molecule has 1 N–H and O–H groups in total. The number of fused-ring (bicyclic) bond motifs is 1. The third kappa shape index (κ3) is 4.06. The molecule has 0 aliphatic carbocycles. The normalized spacial score (nSPS) is 11.8. The van der Waals surface area contributed by atoms with Gasteiger partial charge in [-0.25, -0.2) is 4.98 Å². The van der Waals surface area contributed by atoms with Crippen LogP contribution in [0.4, 0.5) is 13.2 Å². The Balaban J connectivity index is 1.63. The predicted octanol–water partition coefficient (Wildman–Crippen LogP) is 6.98. The van der Waals surface area contributed by atoms with Gasteiger partial charge in [0.1, 0.15) is 5.82 Å². The van der Waals surface area contributed by atoms with Crippen molar-refractivity contribution in [3.8, 4) is 11.4 Å². The second-order valence-corrected chi connectivity index (χ2v) is 7.53. The monoisotopic (exact) mass is 448 g/mol. The fourth-order valence-electron chi connectivity index (χ4n) is 3.17. The molecule has 0 fully saturated rings. The number of carbonyl (C=O) groups is 1. The van der Waals surface area contributed by atoms with Crippen LogP contribution in [0, 0.1) is 0 Å². The summed E-state index contributed by atoms with van der Waals surface area (Å²) in [5.74, 6) is 0.159. The van der Waals surface area contributed by atoms with Gasteiger partial charge in [0.2, 0.25) is 0 Å². The third-order valence-corrected chi connectivity index (χ3v) is 5.25. The Morgan fingerprint density at radius 2 is 1.67 bits per heavy atom. The number of rotatable bonds is 4. The van der Waals surface area contributed by atoms with Crippen LogP contribution in [0.1, 0.15) is 21.5 Å². The van der Waals surface area contributed by atoms with Crippen LogP contribution in [0.5, 0.6) is 0 Å². The van der Waals surface area contributed by atoms with Gasteiger partial charge < -0.3 is 4.98 Å². The highest BCUT2D eigenvalue weighted by Crippen LogP contribution is 2.34. The molecule has 0 atom stereocenters. The largest absolute Gasteiger partial charge is 0.416 e. The van der Waals surface area contributed by atoms with Crippen molar-refractivity contribution in [1.82, 2.24) is 9.97 Å². The summed E-state index contributed by atoms with van der Waals surface area (Å²) in [6.45, 7) is 0. The second kappa shape index (κ2) is 7.78. The quantitative estimate of drug-likeness (QED) is 0.342. The van der Waals surface area contributed by atoms with Gasteiger partial charge in [0.05, 0.1) is 32.2 Å².